The Morgan fingerprint density at radius 3 is 0.954 bits per heavy atom. The number of unbranched alkanes of at least 4 members (excludes halogenated alkanes) is 41. The predicted molar refractivity (Wildman–Crippen MR) is 423 cm³/mol. The van der Waals surface area contributed by atoms with E-state index in [1.54, 1.807) is 0 Å². The van der Waals surface area contributed by atoms with Crippen LogP contribution in [0.25, 0.3) is 0 Å². The molecule has 1 fully saturated rings. The Morgan fingerprint density at radius 2 is 0.615 bits per heavy atom. The van der Waals surface area contributed by atoms with Crippen molar-refractivity contribution in [3.05, 3.63) is 0 Å². The van der Waals surface area contributed by atoms with Gasteiger partial charge in [0.15, 0.2) is 5.41 Å². The van der Waals surface area contributed by atoms with Crippen molar-refractivity contribution in [2.75, 3.05) is 98.6 Å². The monoisotopic (exact) mass is 1550 g/mol. The minimum absolute atomic E-state index is 0.0262. The number of carbonyl (C=O) groups is 10. The van der Waals surface area contributed by atoms with Gasteiger partial charge in [0.2, 0.25) is 0 Å². The third-order valence-electron chi connectivity index (χ3n) is 21.1. The maximum Gasteiger partial charge on any atom is 0.322 e. The molecule has 0 radical (unpaired) electrons. The van der Waals surface area contributed by atoms with E-state index in [2.05, 4.69) is 20.8 Å². The number of hydrogen-bond acceptors (Lipinski definition) is 19. The number of rotatable bonds is 80. The molecule has 634 valence electrons. The zero-order chi connectivity index (χ0) is 80.1. The van der Waals surface area contributed by atoms with Crippen LogP contribution in [-0.2, 0) is 76.4 Å². The molecule has 0 spiro atoms. The Labute approximate surface area is 656 Å². The summed E-state index contributed by atoms with van der Waals surface area (Å²) in [4.78, 5) is 130. The largest absolute Gasteiger partial charge is 0.480 e. The lowest BCUT2D eigenvalue weighted by Gasteiger charge is -2.32. The van der Waals surface area contributed by atoms with Gasteiger partial charge in [-0.05, 0) is 69.6 Å². The molecule has 0 aromatic heterocycles. The Hall–Kier alpha value is -5.46. The van der Waals surface area contributed by atoms with Gasteiger partial charge in [-0.2, -0.15) is 0 Å². The van der Waals surface area contributed by atoms with Crippen LogP contribution in [0.4, 0.5) is 0 Å². The molecule has 0 aromatic rings. The summed E-state index contributed by atoms with van der Waals surface area (Å²) in [6.45, 7) is 3.28. The molecule has 0 heterocycles. The van der Waals surface area contributed by atoms with Gasteiger partial charge in [-0.25, -0.2) is 0 Å². The topological polar surface area (TPSA) is 337 Å². The van der Waals surface area contributed by atoms with E-state index in [0.717, 1.165) is 125 Å². The number of carboxylic acids is 5. The van der Waals surface area contributed by atoms with Crippen LogP contribution in [0.15, 0.2) is 0 Å². The van der Waals surface area contributed by atoms with Gasteiger partial charge >= 0.3 is 59.7 Å². The fourth-order valence-electron chi connectivity index (χ4n) is 14.1. The third-order valence-corrected chi connectivity index (χ3v) is 21.1. The molecule has 5 N–H and O–H groups in total. The number of carbonyl (C=O) groups excluding carboxylic acids is 5. The standard InChI is InChI=1S/C85H153N3O21/c1-4-7-10-13-16-19-22-25-28-31-34-39-44-49-79(97)107-69-85(70-108-80(98)50-45-40-35-32-29-26-23-20-17-14-11-8-5-2,71-109-81(99)51-46-41-36-33-30-27-24-21-18-15-12-9-6-3)84(103)106-68-73-54-52-72(53-55-73)67-104-60-47-42-37-38-43-48-61-105-82(100)62-74(83(101)102)88(66-78(95)96)59-58-86(63-75(89)90)56-57-87(64-76(91)92)65-77(93)94/h72-74H,4-71H2,1-3H3,(H,89,90)(H,91,92)(H,93,94)(H,95,96)(H,101,102). The molecule has 0 amide bonds. The van der Waals surface area contributed by atoms with E-state index < -0.39 is 124 Å². The second-order valence-electron chi connectivity index (χ2n) is 31.2. The molecule has 1 aliphatic rings. The number of ether oxygens (including phenoxy) is 6. The van der Waals surface area contributed by atoms with Crippen molar-refractivity contribution >= 4 is 59.7 Å². The first-order chi connectivity index (χ1) is 52.7. The molecule has 24 nitrogen and oxygen atoms in total. The third kappa shape index (κ3) is 60.8. The summed E-state index contributed by atoms with van der Waals surface area (Å²) in [5.74, 6) is -9.31. The van der Waals surface area contributed by atoms with Crippen LogP contribution < -0.4 is 0 Å². The summed E-state index contributed by atoms with van der Waals surface area (Å²) in [5, 5.41) is 47.5. The van der Waals surface area contributed by atoms with E-state index >= 15 is 0 Å². The van der Waals surface area contributed by atoms with Gasteiger partial charge in [-0.1, -0.05) is 278 Å². The number of esters is 5. The summed E-state index contributed by atoms with van der Waals surface area (Å²) in [5.41, 5.74) is -1.76. The highest BCUT2D eigenvalue weighted by Gasteiger charge is 2.46. The average molecular weight is 1550 g/mol. The van der Waals surface area contributed by atoms with Crippen molar-refractivity contribution in [2.45, 2.75) is 367 Å². The smallest absolute Gasteiger partial charge is 0.322 e. The summed E-state index contributed by atoms with van der Waals surface area (Å²) >= 11 is 0. The molecule has 1 aliphatic carbocycles. The van der Waals surface area contributed by atoms with Crippen molar-refractivity contribution in [3.8, 4) is 0 Å². The van der Waals surface area contributed by atoms with E-state index in [-0.39, 0.29) is 64.6 Å². The molecule has 0 aromatic carbocycles. The zero-order valence-corrected chi connectivity index (χ0v) is 68.4. The fourth-order valence-corrected chi connectivity index (χ4v) is 14.1. The second kappa shape index (κ2) is 70.4. The van der Waals surface area contributed by atoms with Gasteiger partial charge in [0.25, 0.3) is 0 Å². The highest BCUT2D eigenvalue weighted by atomic mass is 16.6. The lowest BCUT2D eigenvalue weighted by Crippen LogP contribution is -2.49. The number of nitrogens with zero attached hydrogens (tertiary/aromatic N) is 3. The maximum atomic E-state index is 14.7. The molecule has 0 saturated heterocycles. The van der Waals surface area contributed by atoms with Crippen LogP contribution in [0.3, 0.4) is 0 Å². The first-order valence-electron chi connectivity index (χ1n) is 43.4. The van der Waals surface area contributed by atoms with Crippen LogP contribution in [0.1, 0.15) is 361 Å². The summed E-state index contributed by atoms with van der Waals surface area (Å²) in [6.07, 6.45) is 53.7. The van der Waals surface area contributed by atoms with Gasteiger partial charge in [0, 0.05) is 58.7 Å². The Bertz CT molecular complexity index is 2230. The fraction of sp³-hybridized carbons (Fsp3) is 0.882. The van der Waals surface area contributed by atoms with E-state index in [9.17, 15) is 73.5 Å². The number of carboxylic acid groups (broad SMARTS) is 5. The van der Waals surface area contributed by atoms with E-state index in [1.807, 2.05) is 0 Å². The first kappa shape index (κ1) is 102. The molecule has 24 heteroatoms. The number of hydrogen-bond donors (Lipinski definition) is 5. The van der Waals surface area contributed by atoms with Crippen molar-refractivity contribution < 1.29 is 102 Å². The van der Waals surface area contributed by atoms with Crippen LogP contribution >= 0.6 is 0 Å². The molecule has 109 heavy (non-hydrogen) atoms. The SMILES string of the molecule is CCCCCCCCCCCCCCCC(=O)OCC(COC(=O)CCCCCCCCCCCCCCC)(COC(=O)CCCCCCCCCCCCCCC)C(=O)OCC1CCC(COCCCCCCCCOC(=O)CC(C(=O)O)N(CCN(CCN(CC(=O)O)CC(=O)O)CC(=O)O)CC(=O)O)CC1. The molecule has 1 rings (SSSR count). The van der Waals surface area contributed by atoms with Crippen LogP contribution in [-0.4, -0.2) is 205 Å². The molecular weight excluding hydrogens is 1400 g/mol. The Balaban J connectivity index is 2.88. The molecule has 0 aliphatic heterocycles. The highest BCUT2D eigenvalue weighted by Crippen LogP contribution is 2.32. The quantitative estimate of drug-likeness (QED) is 0.0214. The summed E-state index contributed by atoms with van der Waals surface area (Å²) in [6, 6.07) is -1.62. The van der Waals surface area contributed by atoms with E-state index in [0.29, 0.717) is 44.8 Å². The predicted octanol–water partition coefficient (Wildman–Crippen LogP) is 17.4. The summed E-state index contributed by atoms with van der Waals surface area (Å²) < 4.78 is 35.4. The zero-order valence-electron chi connectivity index (χ0n) is 68.4. The van der Waals surface area contributed by atoms with E-state index in [4.69, 9.17) is 28.4 Å². The van der Waals surface area contributed by atoms with Crippen molar-refractivity contribution in [1.82, 2.24) is 14.7 Å². The van der Waals surface area contributed by atoms with Gasteiger partial charge in [-0.15, -0.1) is 0 Å². The number of aliphatic carboxylic acids is 5. The normalized spacial score (nSPS) is 14.1. The second-order valence-corrected chi connectivity index (χ2v) is 31.2. The van der Waals surface area contributed by atoms with Crippen molar-refractivity contribution in [2.24, 2.45) is 17.3 Å². The molecular formula is C85H153N3O21. The molecule has 1 atom stereocenters. The van der Waals surface area contributed by atoms with Gasteiger partial charge in [-0.3, -0.25) is 62.6 Å². The lowest BCUT2D eigenvalue weighted by atomic mass is 9.82. The first-order valence-corrected chi connectivity index (χ1v) is 43.4. The summed E-state index contributed by atoms with van der Waals surface area (Å²) in [7, 11) is 0. The van der Waals surface area contributed by atoms with Crippen molar-refractivity contribution in [1.29, 1.82) is 0 Å². The van der Waals surface area contributed by atoms with Crippen molar-refractivity contribution in [3.63, 3.8) is 0 Å². The van der Waals surface area contributed by atoms with Crippen LogP contribution in [0, 0.1) is 17.3 Å². The minimum Gasteiger partial charge on any atom is -0.480 e. The molecule has 0 bridgehead atoms. The average Bonchev–Trinajstić information content (AvgIpc) is 0.829. The molecule has 1 unspecified atom stereocenters. The Kier molecular flexibility index (Phi) is 65.6. The minimum atomic E-state index is -1.76. The Morgan fingerprint density at radius 1 is 0.321 bits per heavy atom. The van der Waals surface area contributed by atoms with Gasteiger partial charge < -0.3 is 54.0 Å². The van der Waals surface area contributed by atoms with Crippen LogP contribution in [0.5, 0.6) is 0 Å². The van der Waals surface area contributed by atoms with E-state index in [1.165, 1.54) is 178 Å². The lowest BCUT2D eigenvalue weighted by molar-refractivity contribution is -0.181. The van der Waals surface area contributed by atoms with Gasteiger partial charge in [0.1, 0.15) is 25.9 Å². The van der Waals surface area contributed by atoms with Gasteiger partial charge in [0.05, 0.1) is 45.8 Å². The van der Waals surface area contributed by atoms with Crippen LogP contribution in [0.2, 0.25) is 0 Å². The highest BCUT2D eigenvalue weighted by molar-refractivity contribution is 5.82. The molecule has 1 saturated carbocycles. The maximum absolute atomic E-state index is 14.7.